The van der Waals surface area contributed by atoms with Crippen LogP contribution in [0, 0.1) is 18.6 Å². The average Bonchev–Trinajstić information content (AvgIpc) is 3.27. The molecule has 0 amide bonds. The normalized spacial score (nSPS) is 10.8. The van der Waals surface area contributed by atoms with Crippen molar-refractivity contribution in [2.45, 2.75) is 33.3 Å². The molecule has 0 saturated carbocycles. The number of carboxylic acid groups (broad SMARTS) is 1. The van der Waals surface area contributed by atoms with Gasteiger partial charge in [-0.05, 0) is 55.3 Å². The van der Waals surface area contributed by atoms with E-state index in [0.29, 0.717) is 42.4 Å². The third kappa shape index (κ3) is 6.67. The van der Waals surface area contributed by atoms with Gasteiger partial charge in [0.05, 0.1) is 18.9 Å². The van der Waals surface area contributed by atoms with Crippen LogP contribution < -0.4 is 14.2 Å². The lowest BCUT2D eigenvalue weighted by Gasteiger charge is -2.14. The summed E-state index contributed by atoms with van der Waals surface area (Å²) in [4.78, 5) is 16.3. The molecule has 9 heteroatoms. The highest BCUT2D eigenvalue weighted by molar-refractivity contribution is 5.94. The number of benzene rings is 3. The Morgan fingerprint density at radius 2 is 1.61 bits per heavy atom. The first kappa shape index (κ1) is 26.7. The molecule has 0 bridgehead atoms. The molecule has 1 aromatic heterocycles. The van der Waals surface area contributed by atoms with Crippen LogP contribution in [0.3, 0.4) is 0 Å². The summed E-state index contributed by atoms with van der Waals surface area (Å²) >= 11 is 0. The molecule has 3 aromatic carbocycles. The van der Waals surface area contributed by atoms with Crippen LogP contribution in [0.2, 0.25) is 0 Å². The Morgan fingerprint density at radius 3 is 2.26 bits per heavy atom. The predicted octanol–water partition coefficient (Wildman–Crippen LogP) is 6.62. The highest BCUT2D eigenvalue weighted by Crippen LogP contribution is 2.31. The number of halogens is 2. The molecule has 1 heterocycles. The Balaban J connectivity index is 1.33. The summed E-state index contributed by atoms with van der Waals surface area (Å²) in [6, 6.07) is 15.1. The van der Waals surface area contributed by atoms with Crippen LogP contribution in [0.4, 0.5) is 8.78 Å². The zero-order valence-corrected chi connectivity index (χ0v) is 21.0. The lowest BCUT2D eigenvalue weighted by Crippen LogP contribution is -2.08. The topological polar surface area (TPSA) is 91.0 Å². The van der Waals surface area contributed by atoms with Gasteiger partial charge in [0.2, 0.25) is 5.89 Å². The molecule has 1 N–H and O–H groups in total. The van der Waals surface area contributed by atoms with Crippen molar-refractivity contribution in [3.8, 4) is 28.7 Å². The molecular formula is C29H27F2NO6. The first-order chi connectivity index (χ1) is 18.3. The number of ether oxygens (including phenoxy) is 3. The van der Waals surface area contributed by atoms with Crippen LogP contribution in [-0.2, 0) is 13.0 Å². The van der Waals surface area contributed by atoms with Gasteiger partial charge in [0.25, 0.3) is 0 Å². The largest absolute Gasteiger partial charge is 0.493 e. The van der Waals surface area contributed by atoms with Crippen molar-refractivity contribution in [1.82, 2.24) is 4.98 Å². The van der Waals surface area contributed by atoms with Crippen molar-refractivity contribution in [3.05, 3.63) is 94.9 Å². The van der Waals surface area contributed by atoms with Gasteiger partial charge in [-0.15, -0.1) is 0 Å². The SMILES string of the molecule is CCCOc1cc(F)cc(OCc2ccc(OCCc3nc(-c4ccc(F)cc4)oc3C)cc2)c1C(=O)O. The highest BCUT2D eigenvalue weighted by atomic mass is 19.1. The molecule has 0 unspecified atom stereocenters. The molecule has 7 nitrogen and oxygen atoms in total. The van der Waals surface area contributed by atoms with E-state index in [-0.39, 0.29) is 36.1 Å². The Morgan fingerprint density at radius 1 is 0.921 bits per heavy atom. The van der Waals surface area contributed by atoms with Crippen molar-refractivity contribution in [1.29, 1.82) is 0 Å². The van der Waals surface area contributed by atoms with Gasteiger partial charge in [-0.3, -0.25) is 0 Å². The third-order valence-electron chi connectivity index (χ3n) is 5.62. The van der Waals surface area contributed by atoms with Crippen LogP contribution >= 0.6 is 0 Å². The molecular weight excluding hydrogens is 496 g/mol. The number of carboxylic acids is 1. The maximum Gasteiger partial charge on any atom is 0.343 e. The van der Waals surface area contributed by atoms with Crippen LogP contribution in [-0.4, -0.2) is 29.3 Å². The summed E-state index contributed by atoms with van der Waals surface area (Å²) in [6.45, 7) is 4.33. The zero-order chi connectivity index (χ0) is 27.1. The quantitative estimate of drug-likeness (QED) is 0.223. The highest BCUT2D eigenvalue weighted by Gasteiger charge is 2.20. The maximum absolute atomic E-state index is 14.1. The molecule has 0 aliphatic carbocycles. The molecule has 0 spiro atoms. The molecule has 0 fully saturated rings. The van der Waals surface area contributed by atoms with Gasteiger partial charge in [0.15, 0.2) is 0 Å². The van der Waals surface area contributed by atoms with Gasteiger partial charge < -0.3 is 23.7 Å². The van der Waals surface area contributed by atoms with Crippen molar-refractivity contribution in [2.75, 3.05) is 13.2 Å². The number of hydrogen-bond acceptors (Lipinski definition) is 6. The van der Waals surface area contributed by atoms with E-state index in [1.165, 1.54) is 12.1 Å². The molecule has 198 valence electrons. The third-order valence-corrected chi connectivity index (χ3v) is 5.62. The summed E-state index contributed by atoms with van der Waals surface area (Å²) in [5.41, 5.74) is 1.97. The van der Waals surface area contributed by atoms with Crippen LogP contribution in [0.25, 0.3) is 11.5 Å². The summed E-state index contributed by atoms with van der Waals surface area (Å²) in [5.74, 6) is -0.683. The molecule has 0 aliphatic rings. The molecule has 0 aliphatic heterocycles. The molecule has 38 heavy (non-hydrogen) atoms. The van der Waals surface area contributed by atoms with Crippen molar-refractivity contribution < 1.29 is 37.3 Å². The van der Waals surface area contributed by atoms with Gasteiger partial charge in [-0.2, -0.15) is 0 Å². The van der Waals surface area contributed by atoms with E-state index in [1.807, 2.05) is 13.8 Å². The van der Waals surface area contributed by atoms with Crippen molar-refractivity contribution in [3.63, 3.8) is 0 Å². The number of hydrogen-bond donors (Lipinski definition) is 1. The number of rotatable bonds is 12. The number of oxazole rings is 1. The molecule has 4 rings (SSSR count). The van der Waals surface area contributed by atoms with Gasteiger partial charge in [0, 0.05) is 24.1 Å². The molecule has 0 atom stereocenters. The predicted molar refractivity (Wildman–Crippen MR) is 136 cm³/mol. The van der Waals surface area contributed by atoms with Gasteiger partial charge in [-0.25, -0.2) is 18.6 Å². The Bertz CT molecular complexity index is 1380. The van der Waals surface area contributed by atoms with E-state index in [2.05, 4.69) is 4.98 Å². The number of aryl methyl sites for hydroxylation is 1. The van der Waals surface area contributed by atoms with Crippen molar-refractivity contribution >= 4 is 5.97 Å². The fraction of sp³-hybridized carbons (Fsp3) is 0.241. The van der Waals surface area contributed by atoms with E-state index in [4.69, 9.17) is 18.6 Å². The maximum atomic E-state index is 14.1. The van der Waals surface area contributed by atoms with E-state index in [9.17, 15) is 18.7 Å². The average molecular weight is 524 g/mol. The summed E-state index contributed by atoms with van der Waals surface area (Å²) < 4.78 is 49.8. The standard InChI is InChI=1S/C29H27F2NO6/c1-3-13-36-25-15-22(31)16-26(27(25)29(33)34)37-17-19-4-10-23(11-5-19)35-14-12-24-18(2)38-28(32-24)20-6-8-21(30)9-7-20/h4-11,15-16H,3,12-14,17H2,1-2H3,(H,33,34). The van der Waals surface area contributed by atoms with Gasteiger partial charge in [0.1, 0.15) is 46.8 Å². The smallest absolute Gasteiger partial charge is 0.343 e. The Labute approximate surface area is 218 Å². The lowest BCUT2D eigenvalue weighted by atomic mass is 10.1. The molecule has 0 radical (unpaired) electrons. The number of carbonyl (C=O) groups is 1. The first-order valence-electron chi connectivity index (χ1n) is 12.1. The fourth-order valence-corrected chi connectivity index (χ4v) is 3.69. The minimum Gasteiger partial charge on any atom is -0.493 e. The van der Waals surface area contributed by atoms with E-state index in [0.717, 1.165) is 23.4 Å². The van der Waals surface area contributed by atoms with Gasteiger partial charge >= 0.3 is 5.97 Å². The summed E-state index contributed by atoms with van der Waals surface area (Å²) in [7, 11) is 0. The minimum atomic E-state index is -1.26. The molecule has 4 aromatic rings. The Kier molecular flexibility index (Phi) is 8.58. The fourth-order valence-electron chi connectivity index (χ4n) is 3.69. The van der Waals surface area contributed by atoms with Crippen LogP contribution in [0.5, 0.6) is 17.2 Å². The second-order valence-electron chi connectivity index (χ2n) is 8.49. The summed E-state index contributed by atoms with van der Waals surface area (Å²) in [6.07, 6.45) is 1.16. The lowest BCUT2D eigenvalue weighted by molar-refractivity contribution is 0.0686. The second-order valence-corrected chi connectivity index (χ2v) is 8.49. The number of aromatic nitrogens is 1. The molecule has 0 saturated heterocycles. The number of nitrogens with zero attached hydrogens (tertiary/aromatic N) is 1. The summed E-state index contributed by atoms with van der Waals surface area (Å²) in [5, 5.41) is 9.60. The Hall–Kier alpha value is -4.40. The van der Waals surface area contributed by atoms with E-state index < -0.39 is 11.8 Å². The van der Waals surface area contributed by atoms with E-state index >= 15 is 0 Å². The zero-order valence-electron chi connectivity index (χ0n) is 21.0. The minimum absolute atomic E-state index is 0.0293. The van der Waals surface area contributed by atoms with Crippen LogP contribution in [0.15, 0.2) is 65.1 Å². The number of aromatic carboxylic acids is 1. The van der Waals surface area contributed by atoms with Crippen molar-refractivity contribution in [2.24, 2.45) is 0 Å². The second kappa shape index (κ2) is 12.2. The first-order valence-corrected chi connectivity index (χ1v) is 12.1. The van der Waals surface area contributed by atoms with E-state index in [1.54, 1.807) is 36.4 Å². The monoisotopic (exact) mass is 523 g/mol. The van der Waals surface area contributed by atoms with Crippen LogP contribution in [0.1, 0.15) is 40.7 Å². The van der Waals surface area contributed by atoms with Gasteiger partial charge in [-0.1, -0.05) is 19.1 Å².